The third-order valence-corrected chi connectivity index (χ3v) is 4.06. The van der Waals surface area contributed by atoms with Gasteiger partial charge in [0.25, 0.3) is 0 Å². The van der Waals surface area contributed by atoms with Crippen LogP contribution in [0.4, 0.5) is 0 Å². The predicted octanol–water partition coefficient (Wildman–Crippen LogP) is 5.04. The lowest BCUT2D eigenvalue weighted by molar-refractivity contribution is 0.616. The lowest BCUT2D eigenvalue weighted by atomic mass is 10.0. The summed E-state index contributed by atoms with van der Waals surface area (Å²) in [4.78, 5) is 4.24. The third-order valence-electron chi connectivity index (χ3n) is 3.37. The molecule has 0 aliphatic carbocycles. The highest BCUT2D eigenvalue weighted by Gasteiger charge is 2.18. The van der Waals surface area contributed by atoms with Gasteiger partial charge in [-0.3, -0.25) is 4.98 Å². The van der Waals surface area contributed by atoms with E-state index >= 15 is 0 Å². The first-order chi connectivity index (χ1) is 11.1. The molecule has 114 valence electrons. The highest BCUT2D eigenvalue weighted by atomic mass is 35.5. The molecule has 0 aliphatic rings. The average Bonchev–Trinajstić information content (AvgIpc) is 3.16. The zero-order chi connectivity index (χ0) is 16.0. The van der Waals surface area contributed by atoms with Gasteiger partial charge in [-0.1, -0.05) is 40.0 Å². The Morgan fingerprint density at radius 3 is 2.74 bits per heavy atom. The van der Waals surface area contributed by atoms with Crippen molar-refractivity contribution < 1.29 is 4.42 Å². The molecule has 0 atom stereocenters. The number of halogens is 3. The number of rotatable bonds is 2. The maximum Gasteiger partial charge on any atom is 0.171 e. The van der Waals surface area contributed by atoms with Gasteiger partial charge in [0.05, 0.1) is 23.2 Å². The first kappa shape index (κ1) is 14.5. The van der Waals surface area contributed by atoms with Gasteiger partial charge in [0.15, 0.2) is 10.7 Å². The van der Waals surface area contributed by atoms with Crippen LogP contribution in [0.15, 0.2) is 47.3 Å². The third kappa shape index (κ3) is 2.47. The highest BCUT2D eigenvalue weighted by Crippen LogP contribution is 2.38. The largest absolute Gasteiger partial charge is 0.462 e. The monoisotopic (exact) mass is 364 g/mol. The van der Waals surface area contributed by atoms with Crippen molar-refractivity contribution in [3.63, 3.8) is 0 Å². The molecule has 3 heterocycles. The molecule has 0 spiro atoms. The molecule has 0 aliphatic heterocycles. The molecule has 5 nitrogen and oxygen atoms in total. The number of furan rings is 1. The van der Waals surface area contributed by atoms with Gasteiger partial charge >= 0.3 is 0 Å². The first-order valence-corrected chi connectivity index (χ1v) is 7.67. The van der Waals surface area contributed by atoms with Crippen LogP contribution in [0.2, 0.25) is 15.2 Å². The van der Waals surface area contributed by atoms with E-state index in [0.29, 0.717) is 26.7 Å². The molecule has 3 aromatic heterocycles. The molecule has 0 amide bonds. The molecular weight excluding hydrogens is 359 g/mol. The number of pyridine rings is 1. The number of fused-ring (bicyclic) bond motifs is 1. The van der Waals surface area contributed by atoms with E-state index in [0.717, 1.165) is 11.3 Å². The summed E-state index contributed by atoms with van der Waals surface area (Å²) >= 11 is 18.4. The van der Waals surface area contributed by atoms with Crippen molar-refractivity contribution in [2.75, 3.05) is 0 Å². The molecule has 0 unspecified atom stereocenters. The van der Waals surface area contributed by atoms with Gasteiger partial charge in [-0.15, -0.1) is 5.10 Å². The number of aromatic nitrogens is 4. The van der Waals surface area contributed by atoms with Gasteiger partial charge in [0.2, 0.25) is 0 Å². The van der Waals surface area contributed by atoms with Gasteiger partial charge in [-0.25, -0.2) is 4.68 Å². The van der Waals surface area contributed by atoms with E-state index in [2.05, 4.69) is 15.3 Å². The van der Waals surface area contributed by atoms with Crippen LogP contribution in [0.25, 0.3) is 27.9 Å². The fourth-order valence-corrected chi connectivity index (χ4v) is 2.95. The first-order valence-electron chi connectivity index (χ1n) is 6.53. The Hall–Kier alpha value is -2.08. The molecule has 0 saturated heterocycles. The summed E-state index contributed by atoms with van der Waals surface area (Å²) in [7, 11) is 0. The van der Waals surface area contributed by atoms with Crippen LogP contribution in [0.3, 0.4) is 0 Å². The molecule has 4 rings (SSSR count). The lowest BCUT2D eigenvalue weighted by Crippen LogP contribution is -1.99. The molecule has 4 aromatic rings. The average molecular weight is 366 g/mol. The Kier molecular flexibility index (Phi) is 3.49. The minimum absolute atomic E-state index is 0.287. The van der Waals surface area contributed by atoms with E-state index in [1.54, 1.807) is 41.5 Å². The fourth-order valence-electron chi connectivity index (χ4n) is 2.41. The van der Waals surface area contributed by atoms with Crippen molar-refractivity contribution in [3.8, 4) is 16.8 Å². The Morgan fingerprint density at radius 1 is 1.09 bits per heavy atom. The molecular formula is C15H7Cl3N4O. The summed E-state index contributed by atoms with van der Waals surface area (Å²) in [6.45, 7) is 0. The number of benzene rings is 1. The van der Waals surface area contributed by atoms with Crippen LogP contribution in [-0.2, 0) is 0 Å². The van der Waals surface area contributed by atoms with Gasteiger partial charge in [0.1, 0.15) is 5.52 Å². The summed E-state index contributed by atoms with van der Waals surface area (Å²) in [5.74, 6) is 0. The highest BCUT2D eigenvalue weighted by molar-refractivity contribution is 6.35. The van der Waals surface area contributed by atoms with Crippen molar-refractivity contribution in [3.05, 3.63) is 58.1 Å². The smallest absolute Gasteiger partial charge is 0.171 e. The van der Waals surface area contributed by atoms with E-state index in [1.165, 1.54) is 0 Å². The van der Waals surface area contributed by atoms with Crippen LogP contribution in [0, 0.1) is 0 Å². The van der Waals surface area contributed by atoms with Crippen LogP contribution in [-0.4, -0.2) is 20.0 Å². The van der Waals surface area contributed by atoms with Crippen molar-refractivity contribution in [1.29, 1.82) is 0 Å². The molecule has 0 fully saturated rings. The van der Waals surface area contributed by atoms with Crippen LogP contribution in [0.5, 0.6) is 0 Å². The van der Waals surface area contributed by atoms with Gasteiger partial charge in [0, 0.05) is 28.4 Å². The fraction of sp³-hybridized carbons (Fsp3) is 0. The SMILES string of the molecule is Clc1ccc(-n2cc(Cl)nn2)c(-c2c(Cl)cnc3ccoc23)c1. The standard InChI is InChI=1S/C15H7Cl3N4O/c16-8-1-2-12(22-7-13(18)20-21-22)9(5-8)14-10(17)6-19-11-3-4-23-15(11)14/h1-7H. The van der Waals surface area contributed by atoms with E-state index in [9.17, 15) is 0 Å². The van der Waals surface area contributed by atoms with E-state index in [1.807, 2.05) is 6.07 Å². The predicted molar refractivity (Wildman–Crippen MR) is 89.4 cm³/mol. The van der Waals surface area contributed by atoms with Crippen LogP contribution in [0.1, 0.15) is 0 Å². The lowest BCUT2D eigenvalue weighted by Gasteiger charge is -2.11. The van der Waals surface area contributed by atoms with E-state index < -0.39 is 0 Å². The molecule has 0 saturated carbocycles. The zero-order valence-corrected chi connectivity index (χ0v) is 13.6. The van der Waals surface area contributed by atoms with E-state index in [-0.39, 0.29) is 5.15 Å². The number of nitrogens with zero attached hydrogens (tertiary/aromatic N) is 4. The second-order valence-corrected chi connectivity index (χ2v) is 5.99. The minimum Gasteiger partial charge on any atom is -0.462 e. The summed E-state index contributed by atoms with van der Waals surface area (Å²) in [5, 5.41) is 9.09. The number of hydrogen-bond donors (Lipinski definition) is 0. The Bertz CT molecular complexity index is 1020. The van der Waals surface area contributed by atoms with Gasteiger partial charge < -0.3 is 4.42 Å². The van der Waals surface area contributed by atoms with Crippen LogP contribution < -0.4 is 0 Å². The molecule has 0 bridgehead atoms. The second-order valence-electron chi connectivity index (χ2n) is 4.76. The maximum absolute atomic E-state index is 6.37. The quantitative estimate of drug-likeness (QED) is 0.499. The van der Waals surface area contributed by atoms with Crippen molar-refractivity contribution in [2.45, 2.75) is 0 Å². The molecule has 8 heteroatoms. The van der Waals surface area contributed by atoms with Crippen molar-refractivity contribution in [2.24, 2.45) is 0 Å². The Balaban J connectivity index is 2.06. The zero-order valence-electron chi connectivity index (χ0n) is 11.4. The maximum atomic E-state index is 6.37. The second kappa shape index (κ2) is 5.53. The molecule has 0 N–H and O–H groups in total. The van der Waals surface area contributed by atoms with E-state index in [4.69, 9.17) is 39.2 Å². The Morgan fingerprint density at radius 2 is 1.96 bits per heavy atom. The van der Waals surface area contributed by atoms with Crippen LogP contribution >= 0.6 is 34.8 Å². The summed E-state index contributed by atoms with van der Waals surface area (Å²) in [5.41, 5.74) is 3.43. The topological polar surface area (TPSA) is 56.7 Å². The minimum atomic E-state index is 0.287. The van der Waals surface area contributed by atoms with Gasteiger partial charge in [-0.2, -0.15) is 0 Å². The summed E-state index contributed by atoms with van der Waals surface area (Å²) < 4.78 is 7.11. The summed E-state index contributed by atoms with van der Waals surface area (Å²) in [6, 6.07) is 7.12. The normalized spacial score (nSPS) is 11.3. The summed E-state index contributed by atoms with van der Waals surface area (Å²) in [6.07, 6.45) is 4.74. The molecule has 23 heavy (non-hydrogen) atoms. The Labute approximate surface area is 145 Å². The van der Waals surface area contributed by atoms with Crippen molar-refractivity contribution in [1.82, 2.24) is 20.0 Å². The molecule has 0 radical (unpaired) electrons. The van der Waals surface area contributed by atoms with Gasteiger partial charge in [-0.05, 0) is 18.2 Å². The molecule has 1 aromatic carbocycles. The number of hydrogen-bond acceptors (Lipinski definition) is 4. The van der Waals surface area contributed by atoms with Crippen molar-refractivity contribution >= 4 is 45.9 Å².